The minimum Gasteiger partial charge on any atom is -0.461 e. The summed E-state index contributed by atoms with van der Waals surface area (Å²) in [6, 6.07) is 8.45. The van der Waals surface area contributed by atoms with E-state index < -0.39 is 0 Å². The molecule has 3 heterocycles. The summed E-state index contributed by atoms with van der Waals surface area (Å²) in [5, 5.41) is 10.4. The highest BCUT2D eigenvalue weighted by Gasteiger charge is 2.17. The van der Waals surface area contributed by atoms with E-state index in [1.807, 2.05) is 17.6 Å². The molecule has 1 aromatic carbocycles. The van der Waals surface area contributed by atoms with Crippen LogP contribution in [-0.2, 0) is 6.54 Å². The van der Waals surface area contributed by atoms with E-state index in [0.29, 0.717) is 39.2 Å². The fourth-order valence-corrected chi connectivity index (χ4v) is 3.39. The fourth-order valence-electron chi connectivity index (χ4n) is 2.43. The Morgan fingerprint density at radius 1 is 1.17 bits per heavy atom. The molecular formula is C16H12FN5OS. The van der Waals surface area contributed by atoms with Crippen molar-refractivity contribution in [1.82, 2.24) is 24.7 Å². The van der Waals surface area contributed by atoms with E-state index in [0.717, 1.165) is 0 Å². The van der Waals surface area contributed by atoms with E-state index in [2.05, 4.69) is 20.2 Å². The first-order valence-corrected chi connectivity index (χ1v) is 8.13. The SMILES string of the molecule is CCn1c(Sc2ncnc3c(F)cccc23)nnc1-c1ccco1. The Balaban J connectivity index is 1.78. The highest BCUT2D eigenvalue weighted by atomic mass is 32.2. The summed E-state index contributed by atoms with van der Waals surface area (Å²) in [5.41, 5.74) is 0.295. The van der Waals surface area contributed by atoms with Gasteiger partial charge in [-0.15, -0.1) is 10.2 Å². The quantitative estimate of drug-likeness (QED) is 0.526. The van der Waals surface area contributed by atoms with Gasteiger partial charge in [0.05, 0.1) is 6.26 Å². The first kappa shape index (κ1) is 14.8. The molecule has 120 valence electrons. The van der Waals surface area contributed by atoms with Crippen molar-refractivity contribution in [2.24, 2.45) is 0 Å². The second-order valence-corrected chi connectivity index (χ2v) is 5.90. The number of halogens is 1. The van der Waals surface area contributed by atoms with Gasteiger partial charge >= 0.3 is 0 Å². The summed E-state index contributed by atoms with van der Waals surface area (Å²) in [4.78, 5) is 8.29. The average molecular weight is 341 g/mol. The molecule has 0 fully saturated rings. The number of rotatable bonds is 4. The molecule has 0 bridgehead atoms. The summed E-state index contributed by atoms with van der Waals surface area (Å²) in [7, 11) is 0. The zero-order chi connectivity index (χ0) is 16.5. The van der Waals surface area contributed by atoms with Gasteiger partial charge in [0.1, 0.15) is 22.7 Å². The number of furan rings is 1. The summed E-state index contributed by atoms with van der Waals surface area (Å²) in [6.45, 7) is 2.67. The van der Waals surface area contributed by atoms with Crippen molar-refractivity contribution in [3.05, 3.63) is 48.7 Å². The van der Waals surface area contributed by atoms with Crippen LogP contribution >= 0.6 is 11.8 Å². The van der Waals surface area contributed by atoms with Crippen LogP contribution in [0.25, 0.3) is 22.5 Å². The first-order valence-electron chi connectivity index (χ1n) is 7.32. The van der Waals surface area contributed by atoms with Crippen LogP contribution < -0.4 is 0 Å². The van der Waals surface area contributed by atoms with Gasteiger partial charge in [-0.1, -0.05) is 6.07 Å². The molecule has 8 heteroatoms. The van der Waals surface area contributed by atoms with Gasteiger partial charge in [-0.25, -0.2) is 14.4 Å². The molecule has 0 atom stereocenters. The molecule has 0 aliphatic rings. The largest absolute Gasteiger partial charge is 0.461 e. The van der Waals surface area contributed by atoms with Crippen LogP contribution in [0.4, 0.5) is 4.39 Å². The lowest BCUT2D eigenvalue weighted by atomic mass is 10.2. The number of para-hydroxylation sites is 1. The van der Waals surface area contributed by atoms with Crippen LogP contribution in [0.1, 0.15) is 6.92 Å². The molecule has 24 heavy (non-hydrogen) atoms. The summed E-state index contributed by atoms with van der Waals surface area (Å²) >= 11 is 1.33. The van der Waals surface area contributed by atoms with Crippen LogP contribution in [0.15, 0.2) is 57.5 Å². The van der Waals surface area contributed by atoms with Crippen LogP contribution in [-0.4, -0.2) is 24.7 Å². The van der Waals surface area contributed by atoms with E-state index in [4.69, 9.17) is 4.42 Å². The third-order valence-corrected chi connectivity index (χ3v) is 4.54. The molecule has 4 aromatic rings. The second-order valence-electron chi connectivity index (χ2n) is 4.94. The molecule has 0 saturated carbocycles. The van der Waals surface area contributed by atoms with Gasteiger partial charge in [0.25, 0.3) is 0 Å². The maximum absolute atomic E-state index is 13.9. The van der Waals surface area contributed by atoms with Gasteiger partial charge < -0.3 is 4.42 Å². The number of aromatic nitrogens is 5. The van der Waals surface area contributed by atoms with Crippen LogP contribution in [0, 0.1) is 5.82 Å². The van der Waals surface area contributed by atoms with Crippen molar-refractivity contribution in [2.75, 3.05) is 0 Å². The Labute approximate surface area is 140 Å². The smallest absolute Gasteiger partial charge is 0.200 e. The summed E-state index contributed by atoms with van der Waals surface area (Å²) in [6.07, 6.45) is 2.95. The zero-order valence-electron chi connectivity index (χ0n) is 12.7. The van der Waals surface area contributed by atoms with E-state index in [1.165, 1.54) is 24.2 Å². The lowest BCUT2D eigenvalue weighted by molar-refractivity contribution is 0.567. The maximum atomic E-state index is 13.9. The van der Waals surface area contributed by atoms with Gasteiger partial charge in [-0.2, -0.15) is 0 Å². The van der Waals surface area contributed by atoms with Crippen molar-refractivity contribution >= 4 is 22.7 Å². The third-order valence-electron chi connectivity index (χ3n) is 3.54. The van der Waals surface area contributed by atoms with Crippen molar-refractivity contribution in [1.29, 1.82) is 0 Å². The average Bonchev–Trinajstić information content (AvgIpc) is 3.25. The molecule has 0 spiro atoms. The van der Waals surface area contributed by atoms with Crippen LogP contribution in [0.5, 0.6) is 0 Å². The van der Waals surface area contributed by atoms with Crippen molar-refractivity contribution < 1.29 is 8.81 Å². The van der Waals surface area contributed by atoms with Gasteiger partial charge in [0.15, 0.2) is 16.7 Å². The highest BCUT2D eigenvalue weighted by molar-refractivity contribution is 7.99. The molecular weight excluding hydrogens is 329 g/mol. The zero-order valence-corrected chi connectivity index (χ0v) is 13.5. The predicted octanol–water partition coefficient (Wildman–Crippen LogP) is 3.79. The maximum Gasteiger partial charge on any atom is 0.200 e. The molecule has 0 amide bonds. The second kappa shape index (κ2) is 6.04. The van der Waals surface area contributed by atoms with Crippen molar-refractivity contribution in [3.8, 4) is 11.6 Å². The molecule has 4 rings (SSSR count). The first-order chi connectivity index (χ1) is 11.8. The van der Waals surface area contributed by atoms with E-state index in [-0.39, 0.29) is 5.82 Å². The molecule has 3 aromatic heterocycles. The van der Waals surface area contributed by atoms with Crippen molar-refractivity contribution in [2.45, 2.75) is 23.7 Å². The molecule has 0 aliphatic carbocycles. The molecule has 0 N–H and O–H groups in total. The van der Waals surface area contributed by atoms with Gasteiger partial charge in [0, 0.05) is 11.9 Å². The Kier molecular flexibility index (Phi) is 3.73. The van der Waals surface area contributed by atoms with Gasteiger partial charge in [-0.05, 0) is 43.0 Å². The van der Waals surface area contributed by atoms with Crippen molar-refractivity contribution in [3.63, 3.8) is 0 Å². The third kappa shape index (κ3) is 2.44. The summed E-state index contributed by atoms with van der Waals surface area (Å²) < 4.78 is 21.2. The van der Waals surface area contributed by atoms with Crippen LogP contribution in [0.3, 0.4) is 0 Å². The van der Waals surface area contributed by atoms with E-state index in [9.17, 15) is 4.39 Å². The molecule has 0 aliphatic heterocycles. The monoisotopic (exact) mass is 341 g/mol. The van der Waals surface area contributed by atoms with E-state index in [1.54, 1.807) is 24.5 Å². The molecule has 0 saturated heterocycles. The van der Waals surface area contributed by atoms with Crippen LogP contribution in [0.2, 0.25) is 0 Å². The predicted molar refractivity (Wildman–Crippen MR) is 87.0 cm³/mol. The standard InChI is InChI=1S/C16H12FN5OS/c1-2-22-14(12-7-4-8-23-12)20-21-16(22)24-15-10-5-3-6-11(17)13(10)18-9-19-15/h3-9H,2H2,1H3. The lowest BCUT2D eigenvalue weighted by Crippen LogP contribution is -1.99. The van der Waals surface area contributed by atoms with Gasteiger partial charge in [-0.3, -0.25) is 4.57 Å². The van der Waals surface area contributed by atoms with Gasteiger partial charge in [0.2, 0.25) is 0 Å². The summed E-state index contributed by atoms with van der Waals surface area (Å²) in [5.74, 6) is 0.925. The number of hydrogen-bond donors (Lipinski definition) is 0. The fraction of sp³-hybridized carbons (Fsp3) is 0.125. The Morgan fingerprint density at radius 3 is 2.88 bits per heavy atom. The molecule has 0 radical (unpaired) electrons. The number of fused-ring (bicyclic) bond motifs is 1. The Morgan fingerprint density at radius 2 is 2.08 bits per heavy atom. The highest BCUT2D eigenvalue weighted by Crippen LogP contribution is 2.32. The Bertz CT molecular complexity index is 999. The number of hydrogen-bond acceptors (Lipinski definition) is 6. The molecule has 6 nitrogen and oxygen atoms in total. The number of benzene rings is 1. The number of nitrogens with zero attached hydrogens (tertiary/aromatic N) is 5. The normalized spacial score (nSPS) is 11.2. The minimum absolute atomic E-state index is 0.295. The molecule has 0 unspecified atom stereocenters. The lowest BCUT2D eigenvalue weighted by Gasteiger charge is -2.07. The van der Waals surface area contributed by atoms with E-state index >= 15 is 0 Å². The minimum atomic E-state index is -0.370. The topological polar surface area (TPSA) is 69.6 Å². The Hall–Kier alpha value is -2.74.